The van der Waals surface area contributed by atoms with Crippen molar-refractivity contribution in [3.05, 3.63) is 115 Å². The Morgan fingerprint density at radius 1 is 0.756 bits per heavy atom. The van der Waals surface area contributed by atoms with Crippen molar-refractivity contribution in [1.29, 1.82) is 0 Å². The molecule has 0 aromatic heterocycles. The minimum atomic E-state index is -1.00. The quantitative estimate of drug-likeness (QED) is 0.0708. The molecule has 7 heteroatoms. The number of hydrogen-bond donors (Lipinski definition) is 0. The number of halogens is 3. The van der Waals surface area contributed by atoms with Crippen molar-refractivity contribution >= 4 is 5.97 Å². The van der Waals surface area contributed by atoms with E-state index < -0.39 is 23.4 Å². The van der Waals surface area contributed by atoms with Gasteiger partial charge in [0.1, 0.15) is 11.5 Å². The van der Waals surface area contributed by atoms with Crippen molar-refractivity contribution in [2.75, 3.05) is 13.2 Å². The molecule has 4 aromatic rings. The highest BCUT2D eigenvalue weighted by Gasteiger charge is 2.18. The van der Waals surface area contributed by atoms with Crippen LogP contribution < -0.4 is 14.2 Å². The summed E-state index contributed by atoms with van der Waals surface area (Å²) in [6.45, 7) is 6.71. The molecular weight excluding hydrogens is 529 g/mol. The molecule has 0 aliphatic rings. The summed E-state index contributed by atoms with van der Waals surface area (Å²) in [6.07, 6.45) is 5.26. The number of ether oxygens (including phenoxy) is 3. The fourth-order valence-electron chi connectivity index (χ4n) is 4.08. The summed E-state index contributed by atoms with van der Waals surface area (Å²) in [6, 6.07) is 19.6. The smallest absolute Gasteiger partial charge is 0.343 e. The topological polar surface area (TPSA) is 44.8 Å². The van der Waals surface area contributed by atoms with Crippen LogP contribution in [0.25, 0.3) is 22.3 Å². The summed E-state index contributed by atoms with van der Waals surface area (Å²) >= 11 is 0. The first-order chi connectivity index (χ1) is 19.9. The van der Waals surface area contributed by atoms with Crippen molar-refractivity contribution < 1.29 is 32.2 Å². The summed E-state index contributed by atoms with van der Waals surface area (Å²) in [5.41, 5.74) is 1.18. The molecule has 4 rings (SSSR count). The van der Waals surface area contributed by atoms with E-state index in [1.54, 1.807) is 30.3 Å². The van der Waals surface area contributed by atoms with Crippen LogP contribution >= 0.6 is 0 Å². The lowest BCUT2D eigenvalue weighted by Gasteiger charge is -2.11. The second-order valence-corrected chi connectivity index (χ2v) is 9.35. The molecule has 0 radical (unpaired) electrons. The Balaban J connectivity index is 1.43. The molecule has 0 amide bonds. The number of rotatable bonds is 13. The van der Waals surface area contributed by atoms with Gasteiger partial charge in [0.25, 0.3) is 0 Å². The largest absolute Gasteiger partial charge is 0.494 e. The van der Waals surface area contributed by atoms with Crippen LogP contribution in [0.1, 0.15) is 43.0 Å². The van der Waals surface area contributed by atoms with Crippen molar-refractivity contribution in [2.45, 2.75) is 32.6 Å². The molecule has 0 bridgehead atoms. The monoisotopic (exact) mass is 560 g/mol. The van der Waals surface area contributed by atoms with Gasteiger partial charge >= 0.3 is 5.97 Å². The molecule has 212 valence electrons. The van der Waals surface area contributed by atoms with E-state index in [0.29, 0.717) is 35.8 Å². The zero-order valence-electron chi connectivity index (χ0n) is 22.8. The van der Waals surface area contributed by atoms with Gasteiger partial charge in [-0.1, -0.05) is 55.8 Å². The van der Waals surface area contributed by atoms with E-state index >= 15 is 8.78 Å². The third kappa shape index (κ3) is 7.57. The average Bonchev–Trinajstić information content (AvgIpc) is 2.99. The van der Waals surface area contributed by atoms with Crippen LogP contribution in [0.5, 0.6) is 17.2 Å². The van der Waals surface area contributed by atoms with E-state index in [0.717, 1.165) is 31.7 Å². The summed E-state index contributed by atoms with van der Waals surface area (Å²) in [4.78, 5) is 12.6. The Bertz CT molecular complexity index is 1480. The molecule has 0 spiro atoms. The van der Waals surface area contributed by atoms with Crippen LogP contribution in [0, 0.1) is 17.5 Å². The SMILES string of the molecule is C=CCCCOc1ccc(OC(=O)c2ccc(-c3ccc(-c4ccc(OCCCC)cc4)c(F)c3F)cc2)c(F)c1. The fraction of sp³-hybridized carbons (Fsp3) is 0.206. The van der Waals surface area contributed by atoms with Gasteiger partial charge < -0.3 is 14.2 Å². The first-order valence-corrected chi connectivity index (χ1v) is 13.5. The lowest BCUT2D eigenvalue weighted by atomic mass is 9.98. The Hall–Kier alpha value is -4.52. The highest BCUT2D eigenvalue weighted by atomic mass is 19.2. The molecule has 4 aromatic carbocycles. The number of esters is 1. The van der Waals surface area contributed by atoms with E-state index in [4.69, 9.17) is 14.2 Å². The predicted molar refractivity (Wildman–Crippen MR) is 154 cm³/mol. The number of benzene rings is 4. The second-order valence-electron chi connectivity index (χ2n) is 9.35. The van der Waals surface area contributed by atoms with Gasteiger partial charge in [-0.2, -0.15) is 0 Å². The maximum absolute atomic E-state index is 15.1. The van der Waals surface area contributed by atoms with Crippen LogP contribution in [0.2, 0.25) is 0 Å². The maximum Gasteiger partial charge on any atom is 0.343 e. The summed E-state index contributed by atoms with van der Waals surface area (Å²) < 4.78 is 60.9. The van der Waals surface area contributed by atoms with Gasteiger partial charge in [0.05, 0.1) is 18.8 Å². The first-order valence-electron chi connectivity index (χ1n) is 13.5. The lowest BCUT2D eigenvalue weighted by Crippen LogP contribution is -2.09. The van der Waals surface area contributed by atoms with Gasteiger partial charge in [-0.25, -0.2) is 18.0 Å². The molecule has 0 heterocycles. The standard InChI is InChI=1S/C34H31F3O4/c1-3-5-7-21-40-27-16-19-31(30(35)22-27)41-34(38)25-10-8-23(9-11-25)28-17-18-29(33(37)32(28)36)24-12-14-26(15-13-24)39-20-6-4-2/h3,8-19,22H,1,4-7,20-21H2,2H3. The molecule has 0 fully saturated rings. The van der Waals surface area contributed by atoms with Crippen LogP contribution in [-0.2, 0) is 0 Å². The van der Waals surface area contributed by atoms with Crippen molar-refractivity contribution in [1.82, 2.24) is 0 Å². The zero-order chi connectivity index (χ0) is 29.2. The van der Waals surface area contributed by atoms with Gasteiger partial charge in [-0.15, -0.1) is 6.58 Å². The van der Waals surface area contributed by atoms with E-state index in [1.165, 1.54) is 48.5 Å². The summed E-state index contributed by atoms with van der Waals surface area (Å²) in [5, 5.41) is 0. The maximum atomic E-state index is 15.1. The average molecular weight is 561 g/mol. The molecule has 0 aliphatic carbocycles. The Morgan fingerprint density at radius 2 is 1.32 bits per heavy atom. The number of allylic oxidation sites excluding steroid dienone is 1. The molecule has 0 atom stereocenters. The molecular formula is C34H31F3O4. The minimum Gasteiger partial charge on any atom is -0.494 e. The molecule has 0 unspecified atom stereocenters. The van der Waals surface area contributed by atoms with E-state index in [-0.39, 0.29) is 22.4 Å². The highest BCUT2D eigenvalue weighted by molar-refractivity contribution is 5.91. The van der Waals surface area contributed by atoms with Crippen LogP contribution in [0.3, 0.4) is 0 Å². The first kappa shape index (κ1) is 29.5. The molecule has 0 saturated heterocycles. The van der Waals surface area contributed by atoms with E-state index in [2.05, 4.69) is 13.5 Å². The third-order valence-corrected chi connectivity index (χ3v) is 6.37. The normalized spacial score (nSPS) is 10.7. The minimum absolute atomic E-state index is 0.0420. The third-order valence-electron chi connectivity index (χ3n) is 6.37. The van der Waals surface area contributed by atoms with Crippen molar-refractivity contribution in [2.24, 2.45) is 0 Å². The highest BCUT2D eigenvalue weighted by Crippen LogP contribution is 2.32. The summed E-state index contributed by atoms with van der Waals surface area (Å²) in [7, 11) is 0. The zero-order valence-corrected chi connectivity index (χ0v) is 22.8. The Morgan fingerprint density at radius 3 is 1.90 bits per heavy atom. The van der Waals surface area contributed by atoms with Gasteiger partial charge in [-0.3, -0.25) is 0 Å². The number of carbonyl (C=O) groups is 1. The van der Waals surface area contributed by atoms with Gasteiger partial charge in [0, 0.05) is 17.2 Å². The Kier molecular flexibility index (Phi) is 10.2. The van der Waals surface area contributed by atoms with E-state index in [1.807, 2.05) is 0 Å². The van der Waals surface area contributed by atoms with Crippen LogP contribution in [0.4, 0.5) is 13.2 Å². The predicted octanol–water partition coefficient (Wildman–Crippen LogP) is 9.18. The van der Waals surface area contributed by atoms with Crippen LogP contribution in [-0.4, -0.2) is 19.2 Å². The number of unbranched alkanes of at least 4 members (excludes halogenated alkanes) is 2. The van der Waals surface area contributed by atoms with Crippen molar-refractivity contribution in [3.8, 4) is 39.5 Å². The van der Waals surface area contributed by atoms with Gasteiger partial charge in [0.2, 0.25) is 0 Å². The van der Waals surface area contributed by atoms with E-state index in [9.17, 15) is 9.18 Å². The number of hydrogen-bond acceptors (Lipinski definition) is 4. The van der Waals surface area contributed by atoms with Gasteiger partial charge in [0.15, 0.2) is 23.2 Å². The fourth-order valence-corrected chi connectivity index (χ4v) is 4.08. The second kappa shape index (κ2) is 14.2. The molecule has 4 nitrogen and oxygen atoms in total. The Labute approximate surface area is 238 Å². The van der Waals surface area contributed by atoms with Gasteiger partial charge in [-0.05, 0) is 66.8 Å². The summed E-state index contributed by atoms with van der Waals surface area (Å²) in [5.74, 6) is -2.77. The lowest BCUT2D eigenvalue weighted by molar-refractivity contribution is 0.0727. The molecule has 0 aliphatic heterocycles. The number of carbonyl (C=O) groups excluding carboxylic acids is 1. The molecule has 0 saturated carbocycles. The molecule has 41 heavy (non-hydrogen) atoms. The van der Waals surface area contributed by atoms with Crippen molar-refractivity contribution in [3.63, 3.8) is 0 Å². The van der Waals surface area contributed by atoms with Crippen LogP contribution in [0.15, 0.2) is 91.5 Å². The molecule has 0 N–H and O–H groups in total.